The Morgan fingerprint density at radius 2 is 2.50 bits per heavy atom. The van der Waals surface area contributed by atoms with Crippen molar-refractivity contribution in [2.75, 3.05) is 0 Å². The van der Waals surface area contributed by atoms with Gasteiger partial charge in [-0.1, -0.05) is 6.92 Å². The Kier molecular flexibility index (Phi) is 3.72. The quantitative estimate of drug-likeness (QED) is 0.435. The van der Waals surface area contributed by atoms with Gasteiger partial charge in [0.1, 0.15) is 6.04 Å². The molecule has 0 radical (unpaired) electrons. The lowest BCUT2D eigenvalue weighted by Crippen LogP contribution is -2.32. The van der Waals surface area contributed by atoms with E-state index >= 15 is 0 Å². The summed E-state index contributed by atoms with van der Waals surface area (Å²) in [5, 5.41) is 2.51. The summed E-state index contributed by atoms with van der Waals surface area (Å²) in [4.78, 5) is 25.5. The average Bonchev–Trinajstić information content (AvgIpc) is 2.26. The highest BCUT2D eigenvalue weighted by atomic mass is 16.3. The van der Waals surface area contributed by atoms with Crippen molar-refractivity contribution in [2.24, 2.45) is 5.29 Å². The maximum atomic E-state index is 11.7. The van der Waals surface area contributed by atoms with Gasteiger partial charge in [-0.2, -0.15) is 0 Å². The van der Waals surface area contributed by atoms with Crippen LogP contribution in [0, 0.1) is 4.91 Å². The summed E-state index contributed by atoms with van der Waals surface area (Å²) in [6.07, 6.45) is 3.57. The number of aromatic nitrogens is 1. The molecule has 1 N–H and O–H groups in total. The van der Waals surface area contributed by atoms with Gasteiger partial charge in [-0.3, -0.25) is 15.2 Å². The zero-order valence-corrected chi connectivity index (χ0v) is 7.80. The lowest BCUT2D eigenvalue weighted by atomic mass is 10.1. The van der Waals surface area contributed by atoms with Gasteiger partial charge in [0.05, 0.1) is 5.29 Å². The van der Waals surface area contributed by atoms with Crippen LogP contribution in [0.4, 0.5) is 0 Å². The van der Waals surface area contributed by atoms with Crippen molar-refractivity contribution < 1.29 is 4.79 Å². The van der Waals surface area contributed by atoms with Gasteiger partial charge in [0.15, 0.2) is 5.78 Å². The van der Waals surface area contributed by atoms with Crippen LogP contribution < -0.4 is 5.43 Å². The zero-order valence-electron chi connectivity index (χ0n) is 7.80. The monoisotopic (exact) mass is 193 g/mol. The standard InChI is InChI=1S/C9H11N3O2/c1-2-8(11-12-14)9(13)7-4-3-5-10-6-7/h3-6,8H,2H2,1H3,(H,11,14). The van der Waals surface area contributed by atoms with E-state index in [2.05, 4.69) is 15.7 Å². The van der Waals surface area contributed by atoms with Crippen molar-refractivity contribution in [1.29, 1.82) is 0 Å². The Bertz CT molecular complexity index is 313. The molecule has 0 fully saturated rings. The van der Waals surface area contributed by atoms with Crippen molar-refractivity contribution >= 4 is 5.78 Å². The molecule has 1 heterocycles. The summed E-state index contributed by atoms with van der Waals surface area (Å²) in [5.41, 5.74) is 2.70. The summed E-state index contributed by atoms with van der Waals surface area (Å²) in [5.74, 6) is -0.166. The Labute approximate surface area is 81.5 Å². The van der Waals surface area contributed by atoms with E-state index in [0.29, 0.717) is 12.0 Å². The number of hydrogen-bond donors (Lipinski definition) is 1. The van der Waals surface area contributed by atoms with Crippen LogP contribution in [-0.2, 0) is 0 Å². The van der Waals surface area contributed by atoms with Gasteiger partial charge in [0.2, 0.25) is 0 Å². The average molecular weight is 193 g/mol. The number of hydrogen-bond acceptors (Lipinski definition) is 4. The highest BCUT2D eigenvalue weighted by Crippen LogP contribution is 2.04. The van der Waals surface area contributed by atoms with Crippen LogP contribution in [0.1, 0.15) is 23.7 Å². The molecule has 0 saturated heterocycles. The van der Waals surface area contributed by atoms with Gasteiger partial charge >= 0.3 is 0 Å². The Morgan fingerprint density at radius 3 is 3.00 bits per heavy atom. The summed E-state index contributed by atoms with van der Waals surface area (Å²) < 4.78 is 0. The van der Waals surface area contributed by atoms with Gasteiger partial charge in [-0.25, -0.2) is 0 Å². The smallest absolute Gasteiger partial charge is 0.188 e. The van der Waals surface area contributed by atoms with Gasteiger partial charge in [0, 0.05) is 18.0 Å². The lowest BCUT2D eigenvalue weighted by molar-refractivity contribution is 0.0940. The molecule has 5 nitrogen and oxygen atoms in total. The maximum absolute atomic E-state index is 11.7. The molecular weight excluding hydrogens is 182 g/mol. The lowest BCUT2D eigenvalue weighted by Gasteiger charge is -2.10. The van der Waals surface area contributed by atoms with E-state index in [1.807, 2.05) is 0 Å². The Hall–Kier alpha value is -1.78. The molecule has 0 aromatic carbocycles. The number of nitrogens with one attached hydrogen (secondary N) is 1. The molecule has 5 heteroatoms. The molecule has 0 aliphatic rings. The van der Waals surface area contributed by atoms with Crippen LogP contribution in [0.2, 0.25) is 0 Å². The Balaban J connectivity index is 2.78. The second-order valence-electron chi connectivity index (χ2n) is 2.79. The van der Waals surface area contributed by atoms with E-state index in [9.17, 15) is 9.70 Å². The first-order chi connectivity index (χ1) is 6.79. The van der Waals surface area contributed by atoms with Crippen molar-refractivity contribution in [3.8, 4) is 0 Å². The molecule has 1 aromatic rings. The minimum Gasteiger partial charge on any atom is -0.292 e. The van der Waals surface area contributed by atoms with Crippen molar-refractivity contribution in [1.82, 2.24) is 10.4 Å². The van der Waals surface area contributed by atoms with Crippen LogP contribution in [0.25, 0.3) is 0 Å². The Morgan fingerprint density at radius 1 is 1.71 bits per heavy atom. The van der Waals surface area contributed by atoms with Crippen LogP contribution in [-0.4, -0.2) is 16.8 Å². The fraction of sp³-hybridized carbons (Fsp3) is 0.333. The van der Waals surface area contributed by atoms with Crippen molar-refractivity contribution in [2.45, 2.75) is 19.4 Å². The highest BCUT2D eigenvalue weighted by Gasteiger charge is 2.17. The minimum absolute atomic E-state index is 0.166. The third kappa shape index (κ3) is 2.35. The molecular formula is C9H11N3O2. The summed E-state index contributed by atoms with van der Waals surface area (Å²) in [7, 11) is 0. The molecule has 1 rings (SSSR count). The van der Waals surface area contributed by atoms with E-state index < -0.39 is 6.04 Å². The number of nitroso groups, excluding NO2 is 1. The molecule has 0 amide bonds. The molecule has 14 heavy (non-hydrogen) atoms. The van der Waals surface area contributed by atoms with Gasteiger partial charge in [0.25, 0.3) is 0 Å². The molecule has 1 aromatic heterocycles. The number of pyridine rings is 1. The van der Waals surface area contributed by atoms with Gasteiger partial charge in [-0.05, 0) is 18.6 Å². The predicted molar refractivity (Wildman–Crippen MR) is 51.6 cm³/mol. The number of nitrogens with zero attached hydrogens (tertiary/aromatic N) is 2. The van der Waals surface area contributed by atoms with E-state index in [-0.39, 0.29) is 5.78 Å². The largest absolute Gasteiger partial charge is 0.292 e. The molecule has 0 saturated carbocycles. The van der Waals surface area contributed by atoms with Crippen LogP contribution in [0.5, 0.6) is 0 Å². The van der Waals surface area contributed by atoms with Gasteiger partial charge < -0.3 is 0 Å². The third-order valence-corrected chi connectivity index (χ3v) is 1.88. The van der Waals surface area contributed by atoms with E-state index in [0.717, 1.165) is 0 Å². The summed E-state index contributed by atoms with van der Waals surface area (Å²) in [6, 6.07) is 2.77. The zero-order chi connectivity index (χ0) is 10.4. The topological polar surface area (TPSA) is 71.4 Å². The number of carbonyl (C=O) groups excluding carboxylic acids is 1. The summed E-state index contributed by atoms with van der Waals surface area (Å²) >= 11 is 0. The fourth-order valence-electron chi connectivity index (χ4n) is 1.11. The second kappa shape index (κ2) is 5.06. The van der Waals surface area contributed by atoms with Crippen molar-refractivity contribution in [3.05, 3.63) is 35.0 Å². The van der Waals surface area contributed by atoms with Crippen LogP contribution in [0.15, 0.2) is 29.8 Å². The number of ketones is 1. The van der Waals surface area contributed by atoms with E-state index in [4.69, 9.17) is 0 Å². The summed E-state index contributed by atoms with van der Waals surface area (Å²) in [6.45, 7) is 1.80. The minimum atomic E-state index is -0.559. The fourth-order valence-corrected chi connectivity index (χ4v) is 1.11. The molecule has 0 bridgehead atoms. The first-order valence-corrected chi connectivity index (χ1v) is 4.31. The highest BCUT2D eigenvalue weighted by molar-refractivity contribution is 5.99. The number of rotatable bonds is 5. The molecule has 1 unspecified atom stereocenters. The second-order valence-corrected chi connectivity index (χ2v) is 2.79. The number of carbonyl (C=O) groups is 1. The maximum Gasteiger partial charge on any atom is 0.188 e. The van der Waals surface area contributed by atoms with Crippen molar-refractivity contribution in [3.63, 3.8) is 0 Å². The van der Waals surface area contributed by atoms with E-state index in [1.165, 1.54) is 6.20 Å². The molecule has 0 aliphatic carbocycles. The molecule has 1 atom stereocenters. The van der Waals surface area contributed by atoms with Crippen LogP contribution >= 0.6 is 0 Å². The van der Waals surface area contributed by atoms with Gasteiger partial charge in [-0.15, -0.1) is 4.91 Å². The van der Waals surface area contributed by atoms with Crippen LogP contribution in [0.3, 0.4) is 0 Å². The SMILES string of the molecule is CCC(NN=O)C(=O)c1cccnc1. The molecule has 0 aliphatic heterocycles. The third-order valence-electron chi connectivity index (χ3n) is 1.88. The first kappa shape index (κ1) is 10.3. The molecule has 74 valence electrons. The normalized spacial score (nSPS) is 11.8. The number of Topliss-reactive ketones (excluding diaryl/α,β-unsaturated/α-hetero) is 1. The van der Waals surface area contributed by atoms with E-state index in [1.54, 1.807) is 25.3 Å². The first-order valence-electron chi connectivity index (χ1n) is 4.31. The predicted octanol–water partition coefficient (Wildman–Crippen LogP) is 1.31. The molecule has 0 spiro atoms.